The van der Waals surface area contributed by atoms with Gasteiger partial charge in [-0.1, -0.05) is 12.1 Å². The summed E-state index contributed by atoms with van der Waals surface area (Å²) >= 11 is 0. The molecule has 5 rings (SSSR count). The van der Waals surface area contributed by atoms with Crippen LogP contribution in [0.15, 0.2) is 41.3 Å². The van der Waals surface area contributed by atoms with Crippen LogP contribution >= 0.6 is 0 Å². The summed E-state index contributed by atoms with van der Waals surface area (Å²) in [7, 11) is 0. The second-order valence-electron chi connectivity index (χ2n) is 7.41. The van der Waals surface area contributed by atoms with Crippen molar-refractivity contribution in [2.75, 3.05) is 37.7 Å². The highest BCUT2D eigenvalue weighted by Gasteiger charge is 2.23. The average Bonchev–Trinajstić information content (AvgIpc) is 2.74. The summed E-state index contributed by atoms with van der Waals surface area (Å²) in [6.07, 6.45) is 2.55. The molecular formula is C21H23N5O2. The van der Waals surface area contributed by atoms with Gasteiger partial charge in [-0.25, -0.2) is 4.98 Å². The van der Waals surface area contributed by atoms with Gasteiger partial charge in [0.25, 0.3) is 5.56 Å². The number of rotatable bonds is 3. The maximum atomic E-state index is 12.6. The van der Waals surface area contributed by atoms with E-state index in [1.165, 1.54) is 5.56 Å². The molecule has 0 radical (unpaired) electrons. The number of hydrogen-bond acceptors (Lipinski definition) is 6. The lowest BCUT2D eigenvalue weighted by Crippen LogP contribution is -2.40. The highest BCUT2D eigenvalue weighted by molar-refractivity contribution is 5.78. The Labute approximate surface area is 163 Å². The second kappa shape index (κ2) is 7.33. The monoisotopic (exact) mass is 377 g/mol. The number of morpholine rings is 1. The first-order valence-corrected chi connectivity index (χ1v) is 9.77. The van der Waals surface area contributed by atoms with E-state index in [2.05, 4.69) is 44.0 Å². The first kappa shape index (κ1) is 17.3. The smallest absolute Gasteiger partial charge is 0.255 e. The van der Waals surface area contributed by atoms with Gasteiger partial charge < -0.3 is 9.64 Å². The predicted octanol–water partition coefficient (Wildman–Crippen LogP) is 1.71. The Bertz CT molecular complexity index is 1060. The van der Waals surface area contributed by atoms with Gasteiger partial charge in [-0.2, -0.15) is 0 Å². The zero-order valence-electron chi connectivity index (χ0n) is 15.7. The lowest BCUT2D eigenvalue weighted by atomic mass is 10.0. The van der Waals surface area contributed by atoms with Crippen molar-refractivity contribution < 1.29 is 4.74 Å². The first-order chi connectivity index (χ1) is 13.8. The molecule has 144 valence electrons. The Morgan fingerprint density at radius 1 is 1.14 bits per heavy atom. The van der Waals surface area contributed by atoms with E-state index in [0.29, 0.717) is 25.7 Å². The largest absolute Gasteiger partial charge is 0.378 e. The number of aromatic nitrogens is 3. The normalized spacial score (nSPS) is 17.6. The predicted molar refractivity (Wildman–Crippen MR) is 107 cm³/mol. The Morgan fingerprint density at radius 2 is 2.04 bits per heavy atom. The molecule has 0 amide bonds. The number of benzene rings is 1. The summed E-state index contributed by atoms with van der Waals surface area (Å²) < 4.78 is 5.40. The zero-order chi connectivity index (χ0) is 18.9. The van der Waals surface area contributed by atoms with Gasteiger partial charge in [0, 0.05) is 49.9 Å². The lowest BCUT2D eigenvalue weighted by molar-refractivity contribution is 0.122. The summed E-state index contributed by atoms with van der Waals surface area (Å²) in [6.45, 7) is 5.26. The third-order valence-electron chi connectivity index (χ3n) is 5.52. The zero-order valence-corrected chi connectivity index (χ0v) is 15.7. The second-order valence-corrected chi connectivity index (χ2v) is 7.41. The standard InChI is InChI=1S/C21H23N5O2/c27-20-17-5-7-25(13-15-3-4-18-16(12-15)2-1-6-22-18)14-19(17)23-21(24-20)26-8-10-28-11-9-26/h1-4,6,12H,5,7-11,13-14H2,(H,23,24,27). The third kappa shape index (κ3) is 3.39. The fourth-order valence-corrected chi connectivity index (χ4v) is 4.02. The molecule has 0 spiro atoms. The van der Waals surface area contributed by atoms with Crippen LogP contribution in [0.25, 0.3) is 10.9 Å². The van der Waals surface area contributed by atoms with Crippen LogP contribution in [0.1, 0.15) is 16.8 Å². The molecule has 2 aromatic heterocycles. The Kier molecular flexibility index (Phi) is 4.54. The van der Waals surface area contributed by atoms with Crippen LogP contribution in [0.4, 0.5) is 5.95 Å². The summed E-state index contributed by atoms with van der Waals surface area (Å²) in [5.41, 5.74) is 4.00. The SMILES string of the molecule is O=c1[nH]c(N2CCOCC2)nc2c1CCN(Cc1ccc3ncccc3c1)C2. The Hall–Kier alpha value is -2.77. The molecule has 1 fully saturated rings. The number of H-pyrrole nitrogens is 1. The van der Waals surface area contributed by atoms with Crippen molar-refractivity contribution in [1.82, 2.24) is 19.9 Å². The lowest BCUT2D eigenvalue weighted by Gasteiger charge is -2.30. The van der Waals surface area contributed by atoms with Gasteiger partial charge in [-0.3, -0.25) is 19.7 Å². The molecule has 7 nitrogen and oxygen atoms in total. The van der Waals surface area contributed by atoms with Gasteiger partial charge in [0.15, 0.2) is 0 Å². The number of hydrogen-bond donors (Lipinski definition) is 1. The molecule has 0 atom stereocenters. The first-order valence-electron chi connectivity index (χ1n) is 9.77. The van der Waals surface area contributed by atoms with Crippen molar-refractivity contribution in [1.29, 1.82) is 0 Å². The van der Waals surface area contributed by atoms with E-state index < -0.39 is 0 Å². The molecular weight excluding hydrogens is 354 g/mol. The topological polar surface area (TPSA) is 74.3 Å². The Morgan fingerprint density at radius 3 is 2.93 bits per heavy atom. The summed E-state index contributed by atoms with van der Waals surface area (Å²) in [6, 6.07) is 10.5. The van der Waals surface area contributed by atoms with Gasteiger partial charge in [-0.05, 0) is 30.2 Å². The molecule has 0 bridgehead atoms. The van der Waals surface area contributed by atoms with Crippen LogP contribution in [-0.2, 0) is 24.2 Å². The molecule has 4 heterocycles. The molecule has 2 aliphatic rings. The Balaban J connectivity index is 1.37. The van der Waals surface area contributed by atoms with Gasteiger partial charge in [-0.15, -0.1) is 0 Å². The molecule has 7 heteroatoms. The number of aromatic amines is 1. The molecule has 1 aromatic carbocycles. The molecule has 28 heavy (non-hydrogen) atoms. The van der Waals surface area contributed by atoms with Crippen molar-refractivity contribution in [2.24, 2.45) is 0 Å². The van der Waals surface area contributed by atoms with Crippen LogP contribution in [0, 0.1) is 0 Å². The van der Waals surface area contributed by atoms with Crippen molar-refractivity contribution >= 4 is 16.9 Å². The summed E-state index contributed by atoms with van der Waals surface area (Å²) in [5.74, 6) is 0.672. The summed E-state index contributed by atoms with van der Waals surface area (Å²) in [4.78, 5) is 29.2. The maximum Gasteiger partial charge on any atom is 0.255 e. The molecule has 0 saturated carbocycles. The highest BCUT2D eigenvalue weighted by atomic mass is 16.5. The number of fused-ring (bicyclic) bond motifs is 2. The van der Waals surface area contributed by atoms with Gasteiger partial charge >= 0.3 is 0 Å². The number of nitrogens with zero attached hydrogens (tertiary/aromatic N) is 4. The van der Waals surface area contributed by atoms with Crippen LogP contribution in [0.2, 0.25) is 0 Å². The molecule has 0 aliphatic carbocycles. The third-order valence-corrected chi connectivity index (χ3v) is 5.52. The number of anilines is 1. The number of nitrogens with one attached hydrogen (secondary N) is 1. The van der Waals surface area contributed by atoms with Crippen molar-refractivity contribution in [3.63, 3.8) is 0 Å². The van der Waals surface area contributed by atoms with E-state index in [4.69, 9.17) is 9.72 Å². The van der Waals surface area contributed by atoms with E-state index in [1.54, 1.807) is 0 Å². The van der Waals surface area contributed by atoms with E-state index >= 15 is 0 Å². The van der Waals surface area contributed by atoms with Crippen molar-refractivity contribution in [2.45, 2.75) is 19.5 Å². The molecule has 1 saturated heterocycles. The van der Waals surface area contributed by atoms with Gasteiger partial charge in [0.1, 0.15) is 0 Å². The molecule has 2 aliphatic heterocycles. The van der Waals surface area contributed by atoms with Gasteiger partial charge in [0.05, 0.1) is 24.4 Å². The fraction of sp³-hybridized carbons (Fsp3) is 0.381. The maximum absolute atomic E-state index is 12.6. The van der Waals surface area contributed by atoms with E-state index in [-0.39, 0.29) is 5.56 Å². The van der Waals surface area contributed by atoms with E-state index in [9.17, 15) is 4.79 Å². The molecule has 1 N–H and O–H groups in total. The highest BCUT2D eigenvalue weighted by Crippen LogP contribution is 2.20. The van der Waals surface area contributed by atoms with Crippen LogP contribution < -0.4 is 10.5 Å². The minimum Gasteiger partial charge on any atom is -0.378 e. The van der Waals surface area contributed by atoms with Crippen LogP contribution in [0.3, 0.4) is 0 Å². The van der Waals surface area contributed by atoms with E-state index in [0.717, 1.165) is 54.8 Å². The fourth-order valence-electron chi connectivity index (χ4n) is 4.02. The van der Waals surface area contributed by atoms with Crippen LogP contribution in [0.5, 0.6) is 0 Å². The molecule has 3 aromatic rings. The van der Waals surface area contributed by atoms with Crippen LogP contribution in [-0.4, -0.2) is 52.7 Å². The van der Waals surface area contributed by atoms with Crippen molar-refractivity contribution in [3.05, 3.63) is 63.7 Å². The quantitative estimate of drug-likeness (QED) is 0.749. The number of pyridine rings is 1. The molecule has 0 unspecified atom stereocenters. The van der Waals surface area contributed by atoms with Crippen molar-refractivity contribution in [3.8, 4) is 0 Å². The minimum atomic E-state index is 0.00270. The number of ether oxygens (including phenoxy) is 1. The summed E-state index contributed by atoms with van der Waals surface area (Å²) in [5, 5.41) is 1.15. The average molecular weight is 377 g/mol. The minimum absolute atomic E-state index is 0.00270. The van der Waals surface area contributed by atoms with E-state index in [1.807, 2.05) is 12.3 Å². The van der Waals surface area contributed by atoms with Gasteiger partial charge in [0.2, 0.25) is 5.95 Å².